The van der Waals surface area contributed by atoms with Crippen LogP contribution in [0.25, 0.3) is 11.3 Å². The number of pyridine rings is 1. The SMILES string of the molecule is CC[N+](C)(CC)c1cc[c-]c(-c2ccccn2)c1.[Br-].[Br-].[Br-].[Ir]. The molecule has 2 rings (SSSR count). The standard InChI is InChI=1S/C16H20N2.3BrH.Ir/c1-4-18(3,5-2)15-10-8-9-14(13-15)16-11-6-7-12-17-16;;;;/h6-8,10-13H,4-5H2,1-3H3;3*1H;/p-3. The Morgan fingerprint density at radius 3 is 2.18 bits per heavy atom. The molecule has 2 nitrogen and oxygen atoms in total. The van der Waals surface area contributed by atoms with Crippen LogP contribution >= 0.6 is 0 Å². The maximum atomic E-state index is 4.39. The third kappa shape index (κ3) is 6.50. The van der Waals surface area contributed by atoms with Gasteiger partial charge in [0.25, 0.3) is 0 Å². The third-order valence-corrected chi connectivity index (χ3v) is 3.75. The average molecular weight is 672 g/mol. The van der Waals surface area contributed by atoms with Gasteiger partial charge < -0.3 is 60.4 Å². The van der Waals surface area contributed by atoms with Crippen LogP contribution in [0, 0.1) is 6.07 Å². The maximum absolute atomic E-state index is 4.39. The number of benzene rings is 1. The number of quaternary nitrogens is 1. The van der Waals surface area contributed by atoms with Crippen LogP contribution < -0.4 is 55.4 Å². The van der Waals surface area contributed by atoms with Gasteiger partial charge >= 0.3 is 0 Å². The molecule has 1 aromatic carbocycles. The van der Waals surface area contributed by atoms with Crippen LogP contribution in [0.3, 0.4) is 0 Å². The molecule has 127 valence electrons. The molecule has 0 spiro atoms. The first-order valence-electron chi connectivity index (χ1n) is 6.48. The van der Waals surface area contributed by atoms with Gasteiger partial charge in [0.1, 0.15) is 0 Å². The summed E-state index contributed by atoms with van der Waals surface area (Å²) >= 11 is 0. The maximum Gasteiger partial charge on any atom is 0.0790 e. The zero-order valence-corrected chi connectivity index (χ0v) is 20.0. The Balaban J connectivity index is -0.000000902. The van der Waals surface area contributed by atoms with Gasteiger partial charge in [-0.1, -0.05) is 24.3 Å². The van der Waals surface area contributed by atoms with Crippen molar-refractivity contribution in [1.29, 1.82) is 0 Å². The van der Waals surface area contributed by atoms with Gasteiger partial charge in [0.2, 0.25) is 0 Å². The Hall–Kier alpha value is 0.419. The largest absolute Gasteiger partial charge is 1.00 e. The molecule has 6 heteroatoms. The van der Waals surface area contributed by atoms with Crippen LogP contribution in [-0.2, 0) is 20.1 Å². The third-order valence-electron chi connectivity index (χ3n) is 3.75. The summed E-state index contributed by atoms with van der Waals surface area (Å²) < 4.78 is 0.939. The van der Waals surface area contributed by atoms with E-state index in [1.807, 2.05) is 30.5 Å². The molecule has 0 N–H and O–H groups in total. The summed E-state index contributed by atoms with van der Waals surface area (Å²) in [6.45, 7) is 6.62. The second-order valence-electron chi connectivity index (χ2n) is 4.70. The molecule has 0 aliphatic carbocycles. The summed E-state index contributed by atoms with van der Waals surface area (Å²) in [5, 5.41) is 0. The fourth-order valence-electron chi connectivity index (χ4n) is 2.05. The van der Waals surface area contributed by atoms with E-state index in [4.69, 9.17) is 0 Å². The van der Waals surface area contributed by atoms with Crippen LogP contribution in [0.4, 0.5) is 5.69 Å². The second kappa shape index (κ2) is 12.8. The predicted molar refractivity (Wildman–Crippen MR) is 77.3 cm³/mol. The quantitative estimate of drug-likeness (QED) is 0.234. The fraction of sp³-hybridized carbons (Fsp3) is 0.312. The van der Waals surface area contributed by atoms with E-state index >= 15 is 0 Å². The number of rotatable bonds is 4. The summed E-state index contributed by atoms with van der Waals surface area (Å²) in [6, 6.07) is 15.6. The molecule has 0 unspecified atom stereocenters. The summed E-state index contributed by atoms with van der Waals surface area (Å²) in [5.41, 5.74) is 3.37. The summed E-state index contributed by atoms with van der Waals surface area (Å²) in [5.74, 6) is 0. The molecule has 22 heavy (non-hydrogen) atoms. The first-order valence-corrected chi connectivity index (χ1v) is 6.48. The minimum atomic E-state index is 0. The van der Waals surface area contributed by atoms with E-state index in [0.29, 0.717) is 0 Å². The van der Waals surface area contributed by atoms with Crippen molar-refractivity contribution in [1.82, 2.24) is 9.47 Å². The van der Waals surface area contributed by atoms with Gasteiger partial charge in [0, 0.05) is 26.3 Å². The van der Waals surface area contributed by atoms with Crippen molar-refractivity contribution in [2.24, 2.45) is 0 Å². The number of aromatic nitrogens is 1. The fourth-order valence-corrected chi connectivity index (χ4v) is 2.05. The van der Waals surface area contributed by atoms with Gasteiger partial charge in [-0.2, -0.15) is 0 Å². The van der Waals surface area contributed by atoms with Crippen molar-refractivity contribution < 1.29 is 71.0 Å². The Morgan fingerprint density at radius 1 is 1.05 bits per heavy atom. The van der Waals surface area contributed by atoms with Crippen LogP contribution in [0.2, 0.25) is 0 Å². The topological polar surface area (TPSA) is 12.9 Å². The van der Waals surface area contributed by atoms with Gasteiger partial charge in [-0.05, 0) is 25.6 Å². The minimum absolute atomic E-state index is 0. The van der Waals surface area contributed by atoms with Gasteiger partial charge in [-0.25, -0.2) is 0 Å². The zero-order valence-electron chi connectivity index (χ0n) is 12.8. The van der Waals surface area contributed by atoms with Gasteiger partial charge in [0.05, 0.1) is 25.8 Å². The van der Waals surface area contributed by atoms with Crippen LogP contribution in [0.5, 0.6) is 0 Å². The molecule has 1 aromatic heterocycles. The molecule has 0 atom stereocenters. The molecule has 2 aromatic rings. The summed E-state index contributed by atoms with van der Waals surface area (Å²) in [6.07, 6.45) is 1.82. The van der Waals surface area contributed by atoms with E-state index in [1.54, 1.807) is 0 Å². The zero-order chi connectivity index (χ0) is 13.0. The van der Waals surface area contributed by atoms with Gasteiger partial charge in [-0.15, -0.1) is 17.7 Å². The second-order valence-corrected chi connectivity index (χ2v) is 4.70. The molecule has 1 heterocycles. The minimum Gasteiger partial charge on any atom is -1.00 e. The van der Waals surface area contributed by atoms with Crippen molar-refractivity contribution >= 4 is 5.69 Å². The average Bonchev–Trinajstić information content (AvgIpc) is 2.47. The first kappa shape index (κ1) is 27.3. The first-order chi connectivity index (χ1) is 8.69. The number of nitrogens with zero attached hydrogens (tertiary/aromatic N) is 2. The smallest absolute Gasteiger partial charge is 0.0790 e. The molecule has 0 aliphatic rings. The van der Waals surface area contributed by atoms with E-state index in [-0.39, 0.29) is 71.0 Å². The number of hydrogen-bond donors (Lipinski definition) is 0. The van der Waals surface area contributed by atoms with Crippen molar-refractivity contribution in [2.75, 3.05) is 20.1 Å². The van der Waals surface area contributed by atoms with Crippen LogP contribution in [0.15, 0.2) is 42.6 Å². The molecule has 0 bridgehead atoms. The normalized spacial score (nSPS) is 9.41. The molecule has 0 saturated heterocycles. The molecule has 0 amide bonds. The van der Waals surface area contributed by atoms with E-state index in [2.05, 4.69) is 44.1 Å². The molecular weight excluding hydrogens is 652 g/mol. The molecule has 0 fully saturated rings. The number of halogens is 3. The van der Waals surface area contributed by atoms with Crippen molar-refractivity contribution in [3.63, 3.8) is 0 Å². The van der Waals surface area contributed by atoms with Crippen LogP contribution in [0.1, 0.15) is 13.8 Å². The summed E-state index contributed by atoms with van der Waals surface area (Å²) in [7, 11) is 2.26. The Bertz CT molecular complexity index is 520. The summed E-state index contributed by atoms with van der Waals surface area (Å²) in [4.78, 5) is 4.39. The van der Waals surface area contributed by atoms with Crippen molar-refractivity contribution in [3.05, 3.63) is 48.7 Å². The van der Waals surface area contributed by atoms with Gasteiger partial charge in [0.15, 0.2) is 0 Å². The molecular formula is C16H20Br3IrN2-3. The van der Waals surface area contributed by atoms with Crippen LogP contribution in [-0.4, -0.2) is 25.1 Å². The van der Waals surface area contributed by atoms with E-state index in [1.165, 1.54) is 5.69 Å². The Labute approximate surface area is 179 Å². The Morgan fingerprint density at radius 2 is 1.68 bits per heavy atom. The predicted octanol–water partition coefficient (Wildman–Crippen LogP) is -5.46. The van der Waals surface area contributed by atoms with Crippen molar-refractivity contribution in [2.45, 2.75) is 13.8 Å². The van der Waals surface area contributed by atoms with Crippen molar-refractivity contribution in [3.8, 4) is 11.3 Å². The van der Waals surface area contributed by atoms with Gasteiger partial charge in [-0.3, -0.25) is 0 Å². The monoisotopic (exact) mass is 670 g/mol. The molecule has 0 aliphatic heterocycles. The van der Waals surface area contributed by atoms with E-state index in [9.17, 15) is 0 Å². The molecule has 1 radical (unpaired) electrons. The Kier molecular flexibility index (Phi) is 15.9. The number of hydrogen-bond acceptors (Lipinski definition) is 1. The van der Waals surface area contributed by atoms with E-state index in [0.717, 1.165) is 28.8 Å². The molecule has 0 saturated carbocycles. The van der Waals surface area contributed by atoms with E-state index < -0.39 is 0 Å².